The minimum atomic E-state index is -0.628. The first-order valence-electron chi connectivity index (χ1n) is 5.43. The van der Waals surface area contributed by atoms with Gasteiger partial charge in [-0.15, -0.1) is 11.8 Å². The van der Waals surface area contributed by atoms with Crippen LogP contribution in [0.1, 0.15) is 13.8 Å². The Hall–Kier alpha value is -0.730. The normalized spacial score (nSPS) is 20.6. The third-order valence-electron chi connectivity index (χ3n) is 2.54. The lowest BCUT2D eigenvalue weighted by Crippen LogP contribution is -2.48. The molecule has 1 aliphatic rings. The molecule has 2 atom stereocenters. The summed E-state index contributed by atoms with van der Waals surface area (Å²) in [7, 11) is 0. The van der Waals surface area contributed by atoms with Gasteiger partial charge in [0.1, 0.15) is 6.04 Å². The number of carbonyl (C=O) groups is 3. The number of thioether (sulfide) groups is 2. The molecule has 0 spiro atoms. The van der Waals surface area contributed by atoms with E-state index in [4.69, 9.17) is 5.21 Å². The fraction of sp³-hybridized carbons (Fsp3) is 0.700. The van der Waals surface area contributed by atoms with Crippen LogP contribution in [0.4, 0.5) is 0 Å². The zero-order valence-electron chi connectivity index (χ0n) is 10.2. The van der Waals surface area contributed by atoms with E-state index < -0.39 is 11.9 Å². The molecular formula is C10H16N2O4S2. The van der Waals surface area contributed by atoms with Crippen LogP contribution < -0.4 is 5.48 Å². The van der Waals surface area contributed by atoms with Crippen molar-refractivity contribution in [1.82, 2.24) is 10.4 Å². The fourth-order valence-corrected chi connectivity index (χ4v) is 3.34. The summed E-state index contributed by atoms with van der Waals surface area (Å²) in [4.78, 5) is 35.8. The summed E-state index contributed by atoms with van der Waals surface area (Å²) in [5, 5.41) is 8.58. The van der Waals surface area contributed by atoms with E-state index in [-0.39, 0.29) is 16.9 Å². The molecule has 0 saturated carbocycles. The molecule has 0 bridgehead atoms. The molecule has 102 valence electrons. The molecule has 1 heterocycles. The van der Waals surface area contributed by atoms with Gasteiger partial charge in [0.15, 0.2) is 5.12 Å². The van der Waals surface area contributed by atoms with Gasteiger partial charge in [0.05, 0.1) is 5.88 Å². The number of carbonyl (C=O) groups excluding carboxylic acids is 3. The first-order valence-corrected chi connectivity index (χ1v) is 7.57. The zero-order chi connectivity index (χ0) is 13.7. The van der Waals surface area contributed by atoms with Crippen LogP contribution in [0.25, 0.3) is 0 Å². The Morgan fingerprint density at radius 3 is 2.78 bits per heavy atom. The molecule has 1 saturated heterocycles. The lowest BCUT2D eigenvalue weighted by atomic mass is 10.1. The third kappa shape index (κ3) is 3.89. The topological polar surface area (TPSA) is 86.7 Å². The Balaban J connectivity index is 2.59. The molecule has 0 aliphatic carbocycles. The Kier molecular flexibility index (Phi) is 5.97. The van der Waals surface area contributed by atoms with Crippen molar-refractivity contribution in [2.45, 2.75) is 19.9 Å². The average Bonchev–Trinajstić information content (AvgIpc) is 2.82. The molecule has 8 heteroatoms. The number of rotatable bonds is 4. The smallest absolute Gasteiger partial charge is 0.267 e. The van der Waals surface area contributed by atoms with Crippen LogP contribution in [0.2, 0.25) is 0 Å². The predicted octanol–water partition coefficient (Wildman–Crippen LogP) is 0.309. The highest BCUT2D eigenvalue weighted by Gasteiger charge is 2.36. The van der Waals surface area contributed by atoms with Crippen molar-refractivity contribution < 1.29 is 19.6 Å². The Bertz CT molecular complexity index is 351. The summed E-state index contributed by atoms with van der Waals surface area (Å²) in [5.41, 5.74) is 1.58. The Labute approximate surface area is 114 Å². The van der Waals surface area contributed by atoms with E-state index in [2.05, 4.69) is 0 Å². The molecule has 18 heavy (non-hydrogen) atoms. The second-order valence-electron chi connectivity index (χ2n) is 4.00. The molecule has 0 aromatic rings. The van der Waals surface area contributed by atoms with E-state index in [1.807, 2.05) is 0 Å². The minimum absolute atomic E-state index is 0.0323. The first-order chi connectivity index (χ1) is 8.47. The average molecular weight is 292 g/mol. The maximum absolute atomic E-state index is 12.1. The number of nitrogens with zero attached hydrogens (tertiary/aromatic N) is 1. The summed E-state index contributed by atoms with van der Waals surface area (Å²) in [6.07, 6.45) is 0. The highest BCUT2D eigenvalue weighted by Crippen LogP contribution is 2.24. The van der Waals surface area contributed by atoms with Crippen molar-refractivity contribution >= 4 is 40.5 Å². The molecule has 0 aromatic heterocycles. The van der Waals surface area contributed by atoms with Gasteiger partial charge in [0.25, 0.3) is 5.91 Å². The predicted molar refractivity (Wildman–Crippen MR) is 70.2 cm³/mol. The Morgan fingerprint density at radius 2 is 2.22 bits per heavy atom. The number of hydrogen-bond donors (Lipinski definition) is 2. The lowest BCUT2D eigenvalue weighted by molar-refractivity contribution is -0.143. The van der Waals surface area contributed by atoms with Crippen LogP contribution in [0.3, 0.4) is 0 Å². The second-order valence-corrected chi connectivity index (χ2v) is 6.20. The molecule has 1 rings (SSSR count). The van der Waals surface area contributed by atoms with Crippen molar-refractivity contribution in [1.29, 1.82) is 0 Å². The van der Waals surface area contributed by atoms with Crippen molar-refractivity contribution in [2.75, 3.05) is 17.4 Å². The summed E-state index contributed by atoms with van der Waals surface area (Å²) in [6.45, 7) is 3.19. The highest BCUT2D eigenvalue weighted by molar-refractivity contribution is 8.13. The van der Waals surface area contributed by atoms with E-state index in [9.17, 15) is 14.4 Å². The van der Waals surface area contributed by atoms with E-state index in [1.54, 1.807) is 12.4 Å². The van der Waals surface area contributed by atoms with Gasteiger partial charge in [-0.05, 0) is 0 Å². The number of amides is 2. The molecule has 0 unspecified atom stereocenters. The van der Waals surface area contributed by atoms with Gasteiger partial charge in [-0.25, -0.2) is 5.48 Å². The van der Waals surface area contributed by atoms with Gasteiger partial charge in [0.2, 0.25) is 5.91 Å². The molecule has 2 amide bonds. The standard InChI is InChI=1S/C10H16N2O4S2/c1-6(3-18-7(2)13)10(15)12-5-17-4-8(12)9(14)11-16/h6,8,16H,3-5H2,1-2H3,(H,11,14)/t6-,8+/m1/s1. The monoisotopic (exact) mass is 292 g/mol. The van der Waals surface area contributed by atoms with Gasteiger partial charge >= 0.3 is 0 Å². The molecule has 6 nitrogen and oxygen atoms in total. The second kappa shape index (κ2) is 7.01. The SMILES string of the molecule is CC(=O)SC[C@@H](C)C(=O)N1CSC[C@H]1C(=O)NO. The minimum Gasteiger partial charge on any atom is -0.320 e. The first kappa shape index (κ1) is 15.3. The molecular weight excluding hydrogens is 276 g/mol. The zero-order valence-corrected chi connectivity index (χ0v) is 11.8. The molecule has 1 fully saturated rings. The molecule has 2 N–H and O–H groups in total. The molecule has 1 aliphatic heterocycles. The number of hydrogen-bond acceptors (Lipinski definition) is 6. The van der Waals surface area contributed by atoms with Crippen molar-refractivity contribution in [2.24, 2.45) is 5.92 Å². The van der Waals surface area contributed by atoms with Crippen molar-refractivity contribution in [3.8, 4) is 0 Å². The summed E-state index contributed by atoms with van der Waals surface area (Å²) in [6, 6.07) is -0.628. The van der Waals surface area contributed by atoms with E-state index in [0.29, 0.717) is 17.4 Å². The maximum Gasteiger partial charge on any atom is 0.267 e. The van der Waals surface area contributed by atoms with Crippen LogP contribution in [-0.4, -0.2) is 50.5 Å². The van der Waals surface area contributed by atoms with E-state index >= 15 is 0 Å². The van der Waals surface area contributed by atoms with Crippen LogP contribution in [0.5, 0.6) is 0 Å². The van der Waals surface area contributed by atoms with Crippen LogP contribution in [0, 0.1) is 5.92 Å². The van der Waals surface area contributed by atoms with Crippen LogP contribution in [0.15, 0.2) is 0 Å². The molecule has 0 aromatic carbocycles. The third-order valence-corrected chi connectivity index (χ3v) is 4.62. The van der Waals surface area contributed by atoms with Gasteiger partial charge < -0.3 is 4.90 Å². The van der Waals surface area contributed by atoms with E-state index in [1.165, 1.54) is 23.6 Å². The fourth-order valence-electron chi connectivity index (χ4n) is 1.55. The van der Waals surface area contributed by atoms with Crippen molar-refractivity contribution in [3.05, 3.63) is 0 Å². The largest absolute Gasteiger partial charge is 0.320 e. The van der Waals surface area contributed by atoms with Gasteiger partial charge in [-0.1, -0.05) is 18.7 Å². The highest BCUT2D eigenvalue weighted by atomic mass is 32.2. The van der Waals surface area contributed by atoms with E-state index in [0.717, 1.165) is 11.8 Å². The van der Waals surface area contributed by atoms with Crippen LogP contribution in [-0.2, 0) is 14.4 Å². The molecule has 0 radical (unpaired) electrons. The maximum atomic E-state index is 12.1. The van der Waals surface area contributed by atoms with Crippen LogP contribution >= 0.6 is 23.5 Å². The van der Waals surface area contributed by atoms with Crippen molar-refractivity contribution in [3.63, 3.8) is 0 Å². The van der Waals surface area contributed by atoms with Gasteiger partial charge in [-0.3, -0.25) is 19.6 Å². The summed E-state index contributed by atoms with van der Waals surface area (Å²) in [5.74, 6) is 0.258. The number of hydroxylamine groups is 1. The Morgan fingerprint density at radius 1 is 1.56 bits per heavy atom. The van der Waals surface area contributed by atoms with Gasteiger partial charge in [-0.2, -0.15) is 0 Å². The number of nitrogens with one attached hydrogen (secondary N) is 1. The lowest BCUT2D eigenvalue weighted by Gasteiger charge is -2.24. The summed E-state index contributed by atoms with van der Waals surface area (Å²) >= 11 is 2.56. The summed E-state index contributed by atoms with van der Waals surface area (Å²) < 4.78 is 0. The van der Waals surface area contributed by atoms with Gasteiger partial charge in [0, 0.05) is 24.3 Å². The quantitative estimate of drug-likeness (QED) is 0.573.